The number of hydrogen-bond donors (Lipinski definition) is 2. The molecule has 6 nitrogen and oxygen atoms in total. The van der Waals surface area contributed by atoms with Gasteiger partial charge in [0.2, 0.25) is 10.0 Å². The van der Waals surface area contributed by atoms with Crippen LogP contribution in [0.1, 0.15) is 56.1 Å². The van der Waals surface area contributed by atoms with E-state index in [9.17, 15) is 13.2 Å². The summed E-state index contributed by atoms with van der Waals surface area (Å²) >= 11 is 0. The summed E-state index contributed by atoms with van der Waals surface area (Å²) < 4.78 is 28.7. The number of carboxylic acid groups (broad SMARTS) is 1. The standard InChI is InChI=1S/C13H20N2O4S/c1-3-9(4-2)14-20(18,19)11-7-12(13(16)17)15(8-11)10-5-6-10/h7-10,14H,3-6H2,1-2H3,(H,16,17). The molecular weight excluding hydrogens is 280 g/mol. The van der Waals surface area contributed by atoms with Crippen molar-refractivity contribution in [3.63, 3.8) is 0 Å². The lowest BCUT2D eigenvalue weighted by Crippen LogP contribution is -2.33. The summed E-state index contributed by atoms with van der Waals surface area (Å²) in [6, 6.07) is 1.24. The van der Waals surface area contributed by atoms with Crippen molar-refractivity contribution in [2.24, 2.45) is 0 Å². The molecule has 0 bridgehead atoms. The number of aromatic nitrogens is 1. The quantitative estimate of drug-likeness (QED) is 0.806. The minimum absolute atomic E-state index is 0.0358. The Balaban J connectivity index is 2.32. The van der Waals surface area contributed by atoms with Gasteiger partial charge in [-0.2, -0.15) is 0 Å². The summed E-state index contributed by atoms with van der Waals surface area (Å²) in [6.45, 7) is 3.82. The van der Waals surface area contributed by atoms with E-state index in [0.717, 1.165) is 12.8 Å². The number of rotatable bonds is 7. The molecule has 7 heteroatoms. The highest BCUT2D eigenvalue weighted by Gasteiger charge is 2.30. The highest BCUT2D eigenvalue weighted by atomic mass is 32.2. The third-order valence-electron chi connectivity index (χ3n) is 3.60. The molecule has 2 N–H and O–H groups in total. The second kappa shape index (κ2) is 5.57. The molecule has 0 saturated heterocycles. The Kier molecular flexibility index (Phi) is 4.19. The molecule has 1 aromatic rings. The van der Waals surface area contributed by atoms with Gasteiger partial charge in [0.15, 0.2) is 0 Å². The van der Waals surface area contributed by atoms with E-state index in [0.29, 0.717) is 12.8 Å². The Morgan fingerprint density at radius 3 is 2.50 bits per heavy atom. The van der Waals surface area contributed by atoms with Crippen LogP contribution in [0.25, 0.3) is 0 Å². The van der Waals surface area contributed by atoms with Gasteiger partial charge in [-0.25, -0.2) is 17.9 Å². The molecular formula is C13H20N2O4S. The number of nitrogens with one attached hydrogen (secondary N) is 1. The number of sulfonamides is 1. The van der Waals surface area contributed by atoms with Crippen molar-refractivity contribution >= 4 is 16.0 Å². The maximum Gasteiger partial charge on any atom is 0.352 e. The number of carboxylic acids is 1. The highest BCUT2D eigenvalue weighted by Crippen LogP contribution is 2.37. The molecule has 112 valence electrons. The Bertz CT molecular complexity index is 598. The minimum Gasteiger partial charge on any atom is -0.477 e. The summed E-state index contributed by atoms with van der Waals surface area (Å²) in [5, 5.41) is 9.16. The zero-order valence-electron chi connectivity index (χ0n) is 11.7. The summed E-state index contributed by atoms with van der Waals surface area (Å²) in [7, 11) is -3.66. The van der Waals surface area contributed by atoms with Gasteiger partial charge >= 0.3 is 5.97 Å². The van der Waals surface area contributed by atoms with E-state index < -0.39 is 16.0 Å². The molecule has 1 saturated carbocycles. The van der Waals surface area contributed by atoms with Gasteiger partial charge in [-0.15, -0.1) is 0 Å². The van der Waals surface area contributed by atoms with Gasteiger partial charge in [-0.3, -0.25) is 0 Å². The van der Waals surface area contributed by atoms with Gasteiger partial charge in [0.05, 0.1) is 0 Å². The average Bonchev–Trinajstić information content (AvgIpc) is 3.13. The number of hydrogen-bond acceptors (Lipinski definition) is 3. The summed E-state index contributed by atoms with van der Waals surface area (Å²) in [6.07, 6.45) is 4.63. The lowest BCUT2D eigenvalue weighted by Gasteiger charge is -2.13. The Hall–Kier alpha value is -1.34. The molecule has 0 amide bonds. The highest BCUT2D eigenvalue weighted by molar-refractivity contribution is 7.89. The second-order valence-corrected chi connectivity index (χ2v) is 6.85. The summed E-state index contributed by atoms with van der Waals surface area (Å²) in [5.41, 5.74) is 0.0393. The monoisotopic (exact) mass is 300 g/mol. The molecule has 0 atom stereocenters. The van der Waals surface area contributed by atoms with Crippen molar-refractivity contribution in [1.82, 2.24) is 9.29 Å². The maximum absolute atomic E-state index is 12.3. The van der Waals surface area contributed by atoms with E-state index in [-0.39, 0.29) is 22.7 Å². The lowest BCUT2D eigenvalue weighted by atomic mass is 10.2. The van der Waals surface area contributed by atoms with Crippen LogP contribution >= 0.6 is 0 Å². The Morgan fingerprint density at radius 1 is 1.45 bits per heavy atom. The zero-order valence-corrected chi connectivity index (χ0v) is 12.5. The predicted molar refractivity (Wildman–Crippen MR) is 74.4 cm³/mol. The van der Waals surface area contributed by atoms with E-state index in [2.05, 4.69) is 4.72 Å². The Labute approximate surface area is 118 Å². The molecule has 0 aromatic carbocycles. The van der Waals surface area contributed by atoms with Crippen LogP contribution in [0.15, 0.2) is 17.2 Å². The van der Waals surface area contributed by atoms with Gasteiger partial charge in [0, 0.05) is 18.3 Å². The third-order valence-corrected chi connectivity index (χ3v) is 5.09. The van der Waals surface area contributed by atoms with E-state index in [1.807, 2.05) is 13.8 Å². The first kappa shape index (κ1) is 15.1. The second-order valence-electron chi connectivity index (χ2n) is 5.14. The van der Waals surface area contributed by atoms with Crippen LogP contribution in [-0.2, 0) is 10.0 Å². The van der Waals surface area contributed by atoms with E-state index in [4.69, 9.17) is 5.11 Å². The largest absolute Gasteiger partial charge is 0.477 e. The molecule has 2 rings (SSSR count). The lowest BCUT2D eigenvalue weighted by molar-refractivity contribution is 0.0685. The zero-order chi connectivity index (χ0) is 14.9. The fourth-order valence-corrected chi connectivity index (χ4v) is 3.60. The molecule has 0 aliphatic heterocycles. The van der Waals surface area contributed by atoms with Crippen LogP contribution in [0.5, 0.6) is 0 Å². The SMILES string of the molecule is CCC(CC)NS(=O)(=O)c1cc(C(=O)O)n(C2CC2)c1. The molecule has 1 heterocycles. The van der Waals surface area contributed by atoms with E-state index in [1.165, 1.54) is 12.3 Å². The van der Waals surface area contributed by atoms with Crippen molar-refractivity contribution in [3.05, 3.63) is 18.0 Å². The molecule has 1 aromatic heterocycles. The van der Waals surface area contributed by atoms with Crippen LogP contribution in [0.2, 0.25) is 0 Å². The molecule has 0 unspecified atom stereocenters. The first-order chi connectivity index (χ1) is 9.39. The first-order valence-electron chi connectivity index (χ1n) is 6.86. The van der Waals surface area contributed by atoms with Crippen molar-refractivity contribution in [3.8, 4) is 0 Å². The van der Waals surface area contributed by atoms with Crippen molar-refractivity contribution in [2.45, 2.75) is 56.5 Å². The van der Waals surface area contributed by atoms with Gasteiger partial charge in [0.1, 0.15) is 10.6 Å². The fraction of sp³-hybridized carbons (Fsp3) is 0.615. The minimum atomic E-state index is -3.66. The molecule has 1 aliphatic rings. The number of nitrogens with zero attached hydrogens (tertiary/aromatic N) is 1. The third kappa shape index (κ3) is 3.04. The van der Waals surface area contributed by atoms with Gasteiger partial charge in [-0.1, -0.05) is 13.8 Å². The maximum atomic E-state index is 12.3. The van der Waals surface area contributed by atoms with Crippen molar-refractivity contribution in [1.29, 1.82) is 0 Å². The van der Waals surface area contributed by atoms with Crippen LogP contribution in [0, 0.1) is 0 Å². The van der Waals surface area contributed by atoms with Crippen molar-refractivity contribution in [2.75, 3.05) is 0 Å². The summed E-state index contributed by atoms with van der Waals surface area (Å²) in [5.74, 6) is -1.10. The first-order valence-corrected chi connectivity index (χ1v) is 8.34. The number of aromatic carboxylic acids is 1. The Morgan fingerprint density at radius 2 is 2.05 bits per heavy atom. The van der Waals surface area contributed by atoms with Gasteiger partial charge < -0.3 is 9.67 Å². The molecule has 20 heavy (non-hydrogen) atoms. The van der Waals surface area contributed by atoms with Crippen LogP contribution in [0.3, 0.4) is 0 Å². The van der Waals surface area contributed by atoms with Crippen molar-refractivity contribution < 1.29 is 18.3 Å². The van der Waals surface area contributed by atoms with Gasteiger partial charge in [0.25, 0.3) is 0 Å². The van der Waals surface area contributed by atoms with Crippen LogP contribution < -0.4 is 4.72 Å². The molecule has 0 spiro atoms. The van der Waals surface area contributed by atoms with Crippen LogP contribution in [0.4, 0.5) is 0 Å². The fourth-order valence-electron chi connectivity index (χ4n) is 2.17. The molecule has 1 fully saturated rings. The number of carbonyl (C=O) groups is 1. The smallest absolute Gasteiger partial charge is 0.352 e. The molecule has 0 radical (unpaired) electrons. The predicted octanol–water partition coefficient (Wildman–Crippen LogP) is 1.99. The average molecular weight is 300 g/mol. The topological polar surface area (TPSA) is 88.4 Å². The molecule has 1 aliphatic carbocycles. The van der Waals surface area contributed by atoms with Gasteiger partial charge in [-0.05, 0) is 31.7 Å². The van der Waals surface area contributed by atoms with Crippen LogP contribution in [-0.4, -0.2) is 30.1 Å². The normalized spacial score (nSPS) is 15.8. The summed E-state index contributed by atoms with van der Waals surface area (Å²) in [4.78, 5) is 11.2. The van der Waals surface area contributed by atoms with E-state index >= 15 is 0 Å². The van der Waals surface area contributed by atoms with E-state index in [1.54, 1.807) is 4.57 Å².